The molecule has 34 heavy (non-hydrogen) atoms. The number of anilines is 1. The molecule has 1 aliphatic carbocycles. The number of aryl methyl sites for hydroxylation is 2. The zero-order valence-corrected chi connectivity index (χ0v) is 21.3. The summed E-state index contributed by atoms with van der Waals surface area (Å²) in [6.07, 6.45) is 2.99. The van der Waals surface area contributed by atoms with Crippen molar-refractivity contribution in [3.63, 3.8) is 0 Å². The summed E-state index contributed by atoms with van der Waals surface area (Å²) in [5.41, 5.74) is 3.47. The number of halogens is 1. The molecule has 0 aliphatic heterocycles. The molecule has 8 heteroatoms. The first-order valence-corrected chi connectivity index (χ1v) is 13.4. The Morgan fingerprint density at radius 2 is 2.06 bits per heavy atom. The number of fused-ring (bicyclic) bond motifs is 3. The summed E-state index contributed by atoms with van der Waals surface area (Å²) in [7, 11) is 0. The van der Waals surface area contributed by atoms with Crippen LogP contribution in [-0.4, -0.2) is 21.2 Å². The summed E-state index contributed by atoms with van der Waals surface area (Å²) in [6, 6.07) is 14.9. The van der Waals surface area contributed by atoms with Crippen molar-refractivity contribution in [1.29, 1.82) is 0 Å². The van der Waals surface area contributed by atoms with Crippen LogP contribution in [0.1, 0.15) is 29.3 Å². The molecule has 5 rings (SSSR count). The molecule has 2 aromatic carbocycles. The van der Waals surface area contributed by atoms with Gasteiger partial charge in [-0.15, -0.1) is 11.3 Å². The third kappa shape index (κ3) is 4.52. The van der Waals surface area contributed by atoms with E-state index in [1.165, 1.54) is 16.6 Å². The first-order chi connectivity index (χ1) is 16.4. The molecule has 1 aliphatic rings. The van der Waals surface area contributed by atoms with Gasteiger partial charge >= 0.3 is 0 Å². The Labute approximate surface area is 211 Å². The van der Waals surface area contributed by atoms with Gasteiger partial charge in [0.05, 0.1) is 16.8 Å². The third-order valence-corrected chi connectivity index (χ3v) is 8.43. The molecule has 2 aromatic heterocycles. The maximum Gasteiger partial charge on any atom is 0.267 e. The van der Waals surface area contributed by atoms with Crippen molar-refractivity contribution in [3.05, 3.63) is 79.9 Å². The second kappa shape index (κ2) is 9.56. The quantitative estimate of drug-likeness (QED) is 0.254. The highest BCUT2D eigenvalue weighted by Crippen LogP contribution is 2.37. The van der Waals surface area contributed by atoms with Gasteiger partial charge in [0.2, 0.25) is 5.91 Å². The van der Waals surface area contributed by atoms with Gasteiger partial charge < -0.3 is 5.32 Å². The lowest BCUT2D eigenvalue weighted by Gasteiger charge is -2.17. The molecule has 4 aromatic rings. The van der Waals surface area contributed by atoms with Crippen LogP contribution >= 0.6 is 34.7 Å². The topological polar surface area (TPSA) is 64.0 Å². The van der Waals surface area contributed by atoms with Gasteiger partial charge in [-0.25, -0.2) is 4.98 Å². The monoisotopic (exact) mass is 509 g/mol. The number of hydrogen-bond donors (Lipinski definition) is 1. The molecular formula is C26H24ClN3O2S2. The van der Waals surface area contributed by atoms with E-state index in [1.807, 2.05) is 43.3 Å². The highest BCUT2D eigenvalue weighted by Gasteiger charge is 2.25. The van der Waals surface area contributed by atoms with Crippen LogP contribution in [0.2, 0.25) is 5.02 Å². The Balaban J connectivity index is 1.50. The Bertz CT molecular complexity index is 1450. The minimum absolute atomic E-state index is 0.0558. The number of benzene rings is 2. The van der Waals surface area contributed by atoms with Crippen molar-refractivity contribution in [2.45, 2.75) is 38.3 Å². The van der Waals surface area contributed by atoms with Crippen molar-refractivity contribution in [2.24, 2.45) is 5.92 Å². The van der Waals surface area contributed by atoms with Crippen LogP contribution in [0.3, 0.4) is 0 Å². The third-order valence-electron chi connectivity index (χ3n) is 6.11. The van der Waals surface area contributed by atoms with E-state index in [9.17, 15) is 9.59 Å². The van der Waals surface area contributed by atoms with E-state index >= 15 is 0 Å². The predicted octanol–water partition coefficient (Wildman–Crippen LogP) is 6.26. The van der Waals surface area contributed by atoms with Gasteiger partial charge in [-0.05, 0) is 73.6 Å². The minimum Gasteiger partial charge on any atom is -0.325 e. The lowest BCUT2D eigenvalue weighted by atomic mass is 9.89. The number of carbonyl (C=O) groups is 1. The standard InChI is InChI=1S/C26H24ClN3O2S2/c1-15-8-10-19-21(12-15)34-24-23(19)25(32)30(18-6-4-3-5-7-18)26(29-24)33-14-22(31)28-20-11-9-17(27)13-16(20)2/h3-7,9,11,13,15H,8,10,12,14H2,1-2H3,(H,28,31). The van der Waals surface area contributed by atoms with Crippen LogP contribution < -0.4 is 10.9 Å². The highest BCUT2D eigenvalue weighted by atomic mass is 35.5. The van der Waals surface area contributed by atoms with E-state index in [1.54, 1.807) is 28.0 Å². The molecule has 0 radical (unpaired) electrons. The summed E-state index contributed by atoms with van der Waals surface area (Å²) >= 11 is 8.92. The zero-order valence-electron chi connectivity index (χ0n) is 18.9. The number of nitrogens with zero attached hydrogens (tertiary/aromatic N) is 2. The van der Waals surface area contributed by atoms with E-state index in [2.05, 4.69) is 12.2 Å². The number of para-hydroxylation sites is 1. The second-order valence-electron chi connectivity index (χ2n) is 8.70. The predicted molar refractivity (Wildman–Crippen MR) is 142 cm³/mol. The lowest BCUT2D eigenvalue weighted by molar-refractivity contribution is -0.113. The zero-order chi connectivity index (χ0) is 23.8. The number of aromatic nitrogens is 2. The van der Waals surface area contributed by atoms with Crippen LogP contribution in [-0.2, 0) is 17.6 Å². The van der Waals surface area contributed by atoms with Crippen LogP contribution in [0.4, 0.5) is 5.69 Å². The SMILES string of the molecule is Cc1cc(Cl)ccc1NC(=O)CSc1nc2sc3c(c2c(=O)n1-c1ccccc1)CCC(C)C3. The van der Waals surface area contributed by atoms with Crippen molar-refractivity contribution < 1.29 is 4.79 Å². The van der Waals surface area contributed by atoms with E-state index in [0.717, 1.165) is 52.0 Å². The summed E-state index contributed by atoms with van der Waals surface area (Å²) in [6.45, 7) is 4.15. The highest BCUT2D eigenvalue weighted by molar-refractivity contribution is 7.99. The molecular weight excluding hydrogens is 486 g/mol. The number of rotatable bonds is 5. The van der Waals surface area contributed by atoms with Gasteiger partial charge in [-0.3, -0.25) is 14.2 Å². The molecule has 0 saturated heterocycles. The first kappa shape index (κ1) is 23.1. The number of hydrogen-bond acceptors (Lipinski definition) is 5. The van der Waals surface area contributed by atoms with Gasteiger partial charge in [0.15, 0.2) is 5.16 Å². The Morgan fingerprint density at radius 3 is 2.82 bits per heavy atom. The average Bonchev–Trinajstić information content (AvgIpc) is 3.17. The summed E-state index contributed by atoms with van der Waals surface area (Å²) in [4.78, 5) is 33.5. The largest absolute Gasteiger partial charge is 0.325 e. The number of thiophene rings is 1. The Morgan fingerprint density at radius 1 is 1.26 bits per heavy atom. The first-order valence-electron chi connectivity index (χ1n) is 11.2. The Hall–Kier alpha value is -2.61. The van der Waals surface area contributed by atoms with Crippen LogP contribution in [0, 0.1) is 12.8 Å². The molecule has 1 atom stereocenters. The molecule has 174 valence electrons. The normalized spacial score (nSPS) is 15.3. The number of nitrogens with one attached hydrogen (secondary N) is 1. The number of carbonyl (C=O) groups excluding carboxylic acids is 1. The van der Waals surface area contributed by atoms with Crippen molar-refractivity contribution in [3.8, 4) is 5.69 Å². The lowest BCUT2D eigenvalue weighted by Crippen LogP contribution is -2.23. The van der Waals surface area contributed by atoms with Gasteiger partial charge in [0.1, 0.15) is 4.83 Å². The molecule has 0 spiro atoms. The van der Waals surface area contributed by atoms with Gasteiger partial charge in [-0.2, -0.15) is 0 Å². The van der Waals surface area contributed by atoms with Crippen LogP contribution in [0.25, 0.3) is 15.9 Å². The molecule has 1 amide bonds. The average molecular weight is 510 g/mol. The molecule has 2 heterocycles. The van der Waals surface area contributed by atoms with Crippen molar-refractivity contribution >= 4 is 56.5 Å². The van der Waals surface area contributed by atoms with Gasteiger partial charge in [0.25, 0.3) is 5.56 Å². The van der Waals surface area contributed by atoms with E-state index in [4.69, 9.17) is 16.6 Å². The maximum absolute atomic E-state index is 13.8. The van der Waals surface area contributed by atoms with Crippen molar-refractivity contribution in [2.75, 3.05) is 11.1 Å². The van der Waals surface area contributed by atoms with E-state index in [0.29, 0.717) is 16.1 Å². The van der Waals surface area contributed by atoms with E-state index < -0.39 is 0 Å². The van der Waals surface area contributed by atoms with Gasteiger partial charge in [0, 0.05) is 15.6 Å². The molecule has 0 bridgehead atoms. The number of thioether (sulfide) groups is 1. The van der Waals surface area contributed by atoms with Crippen LogP contribution in [0.15, 0.2) is 58.5 Å². The molecule has 0 fully saturated rings. The molecule has 5 nitrogen and oxygen atoms in total. The summed E-state index contributed by atoms with van der Waals surface area (Å²) in [5.74, 6) is 0.587. The fourth-order valence-corrected chi connectivity index (χ4v) is 6.82. The molecule has 1 N–H and O–H groups in total. The number of amides is 1. The van der Waals surface area contributed by atoms with Crippen molar-refractivity contribution in [1.82, 2.24) is 9.55 Å². The van der Waals surface area contributed by atoms with E-state index in [-0.39, 0.29) is 17.2 Å². The smallest absolute Gasteiger partial charge is 0.267 e. The van der Waals surface area contributed by atoms with Crippen LogP contribution in [0.5, 0.6) is 0 Å². The minimum atomic E-state index is -0.163. The molecule has 1 unspecified atom stereocenters. The second-order valence-corrected chi connectivity index (χ2v) is 11.2. The summed E-state index contributed by atoms with van der Waals surface area (Å²) in [5, 5.41) is 4.82. The maximum atomic E-state index is 13.8. The molecule has 0 saturated carbocycles. The van der Waals surface area contributed by atoms with Gasteiger partial charge in [-0.1, -0.05) is 48.5 Å². The Kier molecular flexibility index (Phi) is 6.51. The fraction of sp³-hybridized carbons (Fsp3) is 0.269. The fourth-order valence-electron chi connectivity index (χ4n) is 4.36. The summed E-state index contributed by atoms with van der Waals surface area (Å²) < 4.78 is 1.65.